The smallest absolute Gasteiger partial charge is 0.405 e. The molecule has 2 rings (SSSR count). The van der Waals surface area contributed by atoms with Gasteiger partial charge in [-0.3, -0.25) is 4.79 Å². The molecule has 0 aliphatic rings. The molecule has 0 spiro atoms. The second kappa shape index (κ2) is 7.03. The van der Waals surface area contributed by atoms with Crippen LogP contribution < -0.4 is 16.0 Å². The molecule has 4 N–H and O–H groups in total. The molecule has 0 unspecified atom stereocenters. The van der Waals surface area contributed by atoms with Gasteiger partial charge >= 0.3 is 11.7 Å². The van der Waals surface area contributed by atoms with Crippen molar-refractivity contribution in [1.29, 1.82) is 0 Å². The number of aromatic amines is 1. The van der Waals surface area contributed by atoms with E-state index in [2.05, 4.69) is 15.5 Å². The van der Waals surface area contributed by atoms with Crippen molar-refractivity contribution in [3.63, 3.8) is 0 Å². The highest BCUT2D eigenvalue weighted by Gasteiger charge is 2.27. The number of aromatic nitrogens is 2. The summed E-state index contributed by atoms with van der Waals surface area (Å²) in [6.45, 7) is 1.09. The molecule has 8 nitrogen and oxygen atoms in total. The Labute approximate surface area is 144 Å². The van der Waals surface area contributed by atoms with E-state index < -0.39 is 18.5 Å². The predicted molar refractivity (Wildman–Crippen MR) is 82.6 cm³/mol. The first-order valence-corrected chi connectivity index (χ1v) is 7.18. The lowest BCUT2D eigenvalue weighted by atomic mass is 10.3. The minimum atomic E-state index is -0.924. The number of nitrogen functional groups attached to an aromatic ring is 1. The average molecular weight is 381 g/mol. The molecule has 0 bridgehead atoms. The number of carbonyl (C=O) groups excluding carboxylic acids is 2. The summed E-state index contributed by atoms with van der Waals surface area (Å²) >= 11 is 17.4. The third kappa shape index (κ3) is 4.04. The van der Waals surface area contributed by atoms with Gasteiger partial charge in [0.1, 0.15) is 15.8 Å². The molecule has 0 saturated carbocycles. The quantitative estimate of drug-likeness (QED) is 0.619. The van der Waals surface area contributed by atoms with Gasteiger partial charge in [-0.1, -0.05) is 28.4 Å². The molecule has 2 aromatic heterocycles. The van der Waals surface area contributed by atoms with Gasteiger partial charge < -0.3 is 20.3 Å². The molecule has 2 heterocycles. The van der Waals surface area contributed by atoms with Crippen molar-refractivity contribution in [3.8, 4) is 0 Å². The fraction of sp³-hybridized carbons (Fsp3) is 0.167. The monoisotopic (exact) mass is 379 g/mol. The van der Waals surface area contributed by atoms with Gasteiger partial charge in [-0.25, -0.2) is 4.79 Å². The Hall–Kier alpha value is -2.03. The normalized spacial score (nSPS) is 10.4. The molecule has 23 heavy (non-hydrogen) atoms. The summed E-state index contributed by atoms with van der Waals surface area (Å²) in [5.41, 5.74) is 5.31. The predicted octanol–water partition coefficient (Wildman–Crippen LogP) is 2.14. The number of nitrogens with zero attached hydrogens (tertiary/aromatic N) is 1. The number of esters is 1. The van der Waals surface area contributed by atoms with Crippen LogP contribution >= 0.6 is 34.8 Å². The summed E-state index contributed by atoms with van der Waals surface area (Å²) in [5.74, 6) is -0.820. The number of carbonyl (C=O) groups is 2. The molecule has 11 heteroatoms. The summed E-state index contributed by atoms with van der Waals surface area (Å²) in [6.07, 6.45) is 0. The lowest BCUT2D eigenvalue weighted by Crippen LogP contribution is -2.26. The van der Waals surface area contributed by atoms with Gasteiger partial charge in [0.15, 0.2) is 12.4 Å². The zero-order chi connectivity index (χ0) is 17.1. The van der Waals surface area contributed by atoms with Gasteiger partial charge in [-0.2, -0.15) is 4.98 Å². The van der Waals surface area contributed by atoms with Crippen LogP contribution in [0, 0.1) is 6.92 Å². The van der Waals surface area contributed by atoms with Crippen LogP contribution in [0.15, 0.2) is 10.6 Å². The molecule has 122 valence electrons. The summed E-state index contributed by atoms with van der Waals surface area (Å²) in [5, 5.41) is 5.69. The van der Waals surface area contributed by atoms with E-state index in [1.54, 1.807) is 6.92 Å². The van der Waals surface area contributed by atoms with Crippen LogP contribution in [-0.2, 0) is 9.53 Å². The molecule has 0 aliphatic heterocycles. The van der Waals surface area contributed by atoms with Gasteiger partial charge in [-0.15, -0.1) is 0 Å². The van der Waals surface area contributed by atoms with Crippen molar-refractivity contribution in [2.24, 2.45) is 0 Å². The third-order valence-electron chi connectivity index (χ3n) is 2.55. The van der Waals surface area contributed by atoms with E-state index in [1.807, 2.05) is 0 Å². The number of halogens is 3. The first-order valence-electron chi connectivity index (χ1n) is 6.05. The average Bonchev–Trinajstić information content (AvgIpc) is 2.91. The van der Waals surface area contributed by atoms with Crippen LogP contribution in [0.4, 0.5) is 11.5 Å². The van der Waals surface area contributed by atoms with Crippen LogP contribution in [0.3, 0.4) is 0 Å². The molecule has 0 atom stereocenters. The second-order valence-electron chi connectivity index (χ2n) is 4.30. The summed E-state index contributed by atoms with van der Waals surface area (Å²) < 4.78 is 9.59. The highest BCUT2D eigenvalue weighted by molar-refractivity contribution is 6.45. The number of rotatable bonds is 4. The maximum atomic E-state index is 11.9. The van der Waals surface area contributed by atoms with Crippen molar-refractivity contribution < 1.29 is 23.8 Å². The molecule has 1 amide bonds. The lowest BCUT2D eigenvalue weighted by molar-refractivity contribution is -0.380. The zero-order valence-electron chi connectivity index (χ0n) is 11.6. The van der Waals surface area contributed by atoms with E-state index >= 15 is 0 Å². The molecular weight excluding hydrogens is 371 g/mol. The van der Waals surface area contributed by atoms with E-state index in [-0.39, 0.29) is 32.4 Å². The van der Waals surface area contributed by atoms with E-state index in [4.69, 9.17) is 49.8 Å². The van der Waals surface area contributed by atoms with Crippen LogP contribution in [0.2, 0.25) is 15.2 Å². The number of ether oxygens (including phenoxy) is 1. The highest BCUT2D eigenvalue weighted by atomic mass is 35.5. The van der Waals surface area contributed by atoms with Crippen molar-refractivity contribution in [2.75, 3.05) is 17.7 Å². The van der Waals surface area contributed by atoms with E-state index in [1.165, 1.54) is 6.07 Å². The maximum Gasteiger partial charge on any atom is 0.405 e. The largest absolute Gasteiger partial charge is 0.448 e. The van der Waals surface area contributed by atoms with E-state index in [9.17, 15) is 9.59 Å². The van der Waals surface area contributed by atoms with E-state index in [0.29, 0.717) is 5.76 Å². The Morgan fingerprint density at radius 2 is 2.09 bits per heavy atom. The number of aryl methyl sites for hydroxylation is 1. The highest BCUT2D eigenvalue weighted by Crippen LogP contribution is 2.32. The van der Waals surface area contributed by atoms with Gasteiger partial charge in [-0.05, 0) is 18.5 Å². The number of hydrogen-bond acceptors (Lipinski definition) is 6. The zero-order valence-corrected chi connectivity index (χ0v) is 13.8. The summed E-state index contributed by atoms with van der Waals surface area (Å²) in [4.78, 5) is 26.0. The Bertz CT molecular complexity index is 778. The molecule has 0 aromatic carbocycles. The molecule has 0 aliphatic carbocycles. The Kier molecular flexibility index (Phi) is 5.30. The van der Waals surface area contributed by atoms with Crippen molar-refractivity contribution in [1.82, 2.24) is 5.16 Å². The Balaban J connectivity index is 2.01. The van der Waals surface area contributed by atoms with Crippen LogP contribution in [0.25, 0.3) is 0 Å². The standard InChI is InChI=1S/C12H9Cl3N4O4/c1-4-2-5(19-23-4)17-6(20)3-22-12(21)10-7(13)9(16)8(14)11(15)18-10/h2H,3H2,1H3,(H2,16,18)(H,17,19,20)/p+1. The van der Waals surface area contributed by atoms with Crippen LogP contribution in [0.1, 0.15) is 16.2 Å². The molecule has 2 aromatic rings. The van der Waals surface area contributed by atoms with Crippen molar-refractivity contribution in [3.05, 3.63) is 32.7 Å². The van der Waals surface area contributed by atoms with Crippen LogP contribution in [0.5, 0.6) is 0 Å². The summed E-state index contributed by atoms with van der Waals surface area (Å²) in [6, 6.07) is 1.50. The first kappa shape index (κ1) is 17.3. The number of hydrogen-bond donors (Lipinski definition) is 2. The topological polar surface area (TPSA) is 122 Å². The van der Waals surface area contributed by atoms with Crippen LogP contribution in [-0.4, -0.2) is 23.6 Å². The van der Waals surface area contributed by atoms with Gasteiger partial charge in [0.2, 0.25) is 0 Å². The Morgan fingerprint density at radius 3 is 2.70 bits per heavy atom. The fourth-order valence-electron chi connectivity index (χ4n) is 1.52. The minimum Gasteiger partial charge on any atom is -0.448 e. The van der Waals surface area contributed by atoms with Crippen molar-refractivity contribution >= 4 is 58.2 Å². The van der Waals surface area contributed by atoms with Gasteiger partial charge in [0.25, 0.3) is 11.1 Å². The molecule has 0 radical (unpaired) electrons. The number of anilines is 2. The minimum absolute atomic E-state index is 0.0210. The van der Waals surface area contributed by atoms with E-state index in [0.717, 1.165) is 0 Å². The SMILES string of the molecule is Cc1cc(NC(=O)COC(=O)c2[nH+]c(Cl)c(Cl)c(N)c2Cl)no1. The third-order valence-corrected chi connectivity index (χ3v) is 3.72. The number of pyridine rings is 1. The summed E-state index contributed by atoms with van der Waals surface area (Å²) in [7, 11) is 0. The lowest BCUT2D eigenvalue weighted by Gasteiger charge is -2.05. The van der Waals surface area contributed by atoms with Gasteiger partial charge in [0.05, 0.1) is 5.69 Å². The maximum absolute atomic E-state index is 11.9. The molecule has 0 fully saturated rings. The number of nitrogens with one attached hydrogen (secondary N) is 2. The second-order valence-corrected chi connectivity index (χ2v) is 5.44. The molecule has 0 saturated heterocycles. The van der Waals surface area contributed by atoms with Crippen molar-refractivity contribution in [2.45, 2.75) is 6.92 Å². The number of amides is 1. The fourth-order valence-corrected chi connectivity index (χ4v) is 2.12. The number of H-pyrrole nitrogens is 1. The Morgan fingerprint density at radius 1 is 1.39 bits per heavy atom. The van der Waals surface area contributed by atoms with Gasteiger partial charge in [0, 0.05) is 6.07 Å². The number of nitrogens with two attached hydrogens (primary N) is 1. The first-order chi connectivity index (χ1) is 10.8. The molecular formula is C12H10Cl3N4O4+.